The fraction of sp³-hybridized carbons (Fsp3) is 0.381. The molecular formula is C21H17FN2O4. The van der Waals surface area contributed by atoms with E-state index in [1.165, 1.54) is 11.0 Å². The molecule has 1 fully saturated rings. The number of rotatable bonds is 2. The number of benzene rings is 1. The minimum Gasteiger partial charge on any atom is -0.475 e. The molecule has 1 spiro atoms. The smallest absolute Gasteiger partial charge is 0.272 e. The fourth-order valence-electron chi connectivity index (χ4n) is 4.24. The summed E-state index contributed by atoms with van der Waals surface area (Å²) in [5, 5.41) is 0. The van der Waals surface area contributed by atoms with Gasteiger partial charge in [0.2, 0.25) is 0 Å². The van der Waals surface area contributed by atoms with Crippen LogP contribution in [0.3, 0.4) is 0 Å². The summed E-state index contributed by atoms with van der Waals surface area (Å²) in [6.45, 7) is -0.00133. The summed E-state index contributed by atoms with van der Waals surface area (Å²) in [5.74, 6) is 0.655. The van der Waals surface area contributed by atoms with Gasteiger partial charge in [0.25, 0.3) is 17.7 Å². The van der Waals surface area contributed by atoms with Crippen LogP contribution < -0.4 is 14.5 Å². The van der Waals surface area contributed by atoms with E-state index in [9.17, 15) is 18.8 Å². The van der Waals surface area contributed by atoms with Gasteiger partial charge >= 0.3 is 0 Å². The Kier molecular flexibility index (Phi) is 3.45. The molecule has 0 aromatic heterocycles. The Hall–Kier alpha value is -3.14. The van der Waals surface area contributed by atoms with E-state index >= 15 is 0 Å². The van der Waals surface area contributed by atoms with Gasteiger partial charge in [-0.2, -0.15) is 0 Å². The van der Waals surface area contributed by atoms with Crippen molar-refractivity contribution in [3.63, 3.8) is 0 Å². The number of ether oxygens (including phenoxy) is 1. The topological polar surface area (TPSA) is 66.9 Å². The van der Waals surface area contributed by atoms with Gasteiger partial charge in [-0.05, 0) is 31.7 Å². The minimum atomic E-state index is -0.961. The van der Waals surface area contributed by atoms with Gasteiger partial charge in [0.15, 0.2) is 11.4 Å². The lowest BCUT2D eigenvalue weighted by atomic mass is 9.93. The van der Waals surface area contributed by atoms with Gasteiger partial charge < -0.3 is 4.74 Å². The molecule has 28 heavy (non-hydrogen) atoms. The third-order valence-electron chi connectivity index (χ3n) is 5.84. The Labute approximate surface area is 160 Å². The Bertz CT molecular complexity index is 1000. The number of carbonyl (C=O) groups is 3. The number of terminal acetylenes is 1. The molecule has 0 unspecified atom stereocenters. The molecule has 7 heteroatoms. The Morgan fingerprint density at radius 2 is 1.71 bits per heavy atom. The van der Waals surface area contributed by atoms with Gasteiger partial charge in [0.05, 0.1) is 17.9 Å². The van der Waals surface area contributed by atoms with Crippen LogP contribution in [0.2, 0.25) is 0 Å². The summed E-state index contributed by atoms with van der Waals surface area (Å²) >= 11 is 0. The van der Waals surface area contributed by atoms with Crippen molar-refractivity contribution in [3.8, 4) is 18.1 Å². The fourth-order valence-corrected chi connectivity index (χ4v) is 4.24. The lowest BCUT2D eigenvalue weighted by molar-refractivity contribution is -0.128. The number of fused-ring (bicyclic) bond motifs is 1. The molecule has 0 radical (unpaired) electrons. The number of halogens is 1. The second-order valence-electron chi connectivity index (χ2n) is 7.57. The first-order valence-corrected chi connectivity index (χ1v) is 9.36. The number of hydrogen-bond acceptors (Lipinski definition) is 4. The molecule has 0 atom stereocenters. The van der Waals surface area contributed by atoms with Crippen LogP contribution in [-0.2, 0) is 14.4 Å². The van der Waals surface area contributed by atoms with Crippen LogP contribution in [0.1, 0.15) is 38.5 Å². The molecule has 1 aromatic rings. The molecule has 142 valence electrons. The van der Waals surface area contributed by atoms with Gasteiger partial charge in [-0.25, -0.2) is 9.29 Å². The van der Waals surface area contributed by atoms with Crippen LogP contribution in [0.15, 0.2) is 23.3 Å². The molecule has 4 aliphatic rings. The molecule has 2 aliphatic carbocycles. The van der Waals surface area contributed by atoms with Crippen molar-refractivity contribution in [1.82, 2.24) is 0 Å². The lowest BCUT2D eigenvalue weighted by Gasteiger charge is -2.34. The third-order valence-corrected chi connectivity index (χ3v) is 5.84. The van der Waals surface area contributed by atoms with Crippen LogP contribution in [0, 0.1) is 18.2 Å². The lowest BCUT2D eigenvalue weighted by Crippen LogP contribution is -2.48. The summed E-state index contributed by atoms with van der Waals surface area (Å²) in [5.41, 5.74) is 0.0875. The van der Waals surface area contributed by atoms with Crippen LogP contribution in [-0.4, -0.2) is 29.9 Å². The summed E-state index contributed by atoms with van der Waals surface area (Å²) in [6.07, 6.45) is 9.23. The molecular weight excluding hydrogens is 363 g/mol. The molecule has 6 nitrogen and oxygen atoms in total. The number of anilines is 2. The Balaban J connectivity index is 1.60. The van der Waals surface area contributed by atoms with Gasteiger partial charge in [-0.3, -0.25) is 19.3 Å². The zero-order valence-electron chi connectivity index (χ0n) is 15.1. The first-order valence-electron chi connectivity index (χ1n) is 9.36. The summed E-state index contributed by atoms with van der Waals surface area (Å²) in [4.78, 5) is 40.6. The monoisotopic (exact) mass is 380 g/mol. The highest BCUT2D eigenvalue weighted by Crippen LogP contribution is 2.51. The van der Waals surface area contributed by atoms with Crippen molar-refractivity contribution in [3.05, 3.63) is 29.1 Å². The van der Waals surface area contributed by atoms with E-state index in [0.29, 0.717) is 36.8 Å². The minimum absolute atomic E-state index is 0.00133. The van der Waals surface area contributed by atoms with Crippen molar-refractivity contribution < 1.29 is 23.5 Å². The third kappa shape index (κ3) is 2.18. The predicted molar refractivity (Wildman–Crippen MR) is 98.2 cm³/mol. The van der Waals surface area contributed by atoms with Crippen molar-refractivity contribution in [2.75, 3.05) is 16.3 Å². The zero-order valence-corrected chi connectivity index (χ0v) is 15.1. The van der Waals surface area contributed by atoms with Crippen molar-refractivity contribution in [2.24, 2.45) is 0 Å². The number of carbonyl (C=O) groups excluding carboxylic acids is 3. The van der Waals surface area contributed by atoms with Gasteiger partial charge in [0.1, 0.15) is 5.75 Å². The standard InChI is InChI=1S/C21H17FN2O4/c1-2-9-23-16-11-15(14(22)10-17(16)28-21(7-8-21)20(23)27)24-18(25)12-5-3-4-6-13(12)19(24)26/h1,10-11H,3-9H2. The highest BCUT2D eigenvalue weighted by Gasteiger charge is 2.58. The average molecular weight is 380 g/mol. The predicted octanol–water partition coefficient (Wildman–Crippen LogP) is 2.46. The van der Waals surface area contributed by atoms with Crippen LogP contribution >= 0.6 is 0 Å². The zero-order chi connectivity index (χ0) is 19.6. The Morgan fingerprint density at radius 3 is 2.29 bits per heavy atom. The Morgan fingerprint density at radius 1 is 1.07 bits per heavy atom. The summed E-state index contributed by atoms with van der Waals surface area (Å²) < 4.78 is 20.7. The van der Waals surface area contributed by atoms with E-state index in [0.717, 1.165) is 23.8 Å². The number of imide groups is 1. The average Bonchev–Trinajstić information content (AvgIpc) is 3.41. The summed E-state index contributed by atoms with van der Waals surface area (Å²) in [6, 6.07) is 2.46. The number of amides is 3. The quantitative estimate of drug-likeness (QED) is 0.584. The van der Waals surface area contributed by atoms with E-state index in [1.807, 2.05) is 0 Å². The van der Waals surface area contributed by atoms with Crippen molar-refractivity contribution >= 4 is 29.1 Å². The highest BCUT2D eigenvalue weighted by atomic mass is 19.1. The van der Waals surface area contributed by atoms with E-state index in [2.05, 4.69) is 5.92 Å². The molecule has 2 heterocycles. The van der Waals surface area contributed by atoms with E-state index in [-0.39, 0.29) is 29.6 Å². The van der Waals surface area contributed by atoms with Gasteiger partial charge in [-0.15, -0.1) is 6.42 Å². The molecule has 5 rings (SSSR count). The molecule has 3 amide bonds. The molecule has 2 aliphatic heterocycles. The maximum atomic E-state index is 14.9. The normalized spacial score (nSPS) is 22.2. The van der Waals surface area contributed by atoms with Crippen LogP contribution in [0.25, 0.3) is 0 Å². The van der Waals surface area contributed by atoms with Gasteiger partial charge in [-0.1, -0.05) is 5.92 Å². The van der Waals surface area contributed by atoms with E-state index in [4.69, 9.17) is 11.2 Å². The highest BCUT2D eigenvalue weighted by molar-refractivity contribution is 6.33. The van der Waals surface area contributed by atoms with Gasteiger partial charge in [0, 0.05) is 30.1 Å². The van der Waals surface area contributed by atoms with Crippen molar-refractivity contribution in [1.29, 1.82) is 0 Å². The van der Waals surface area contributed by atoms with Crippen molar-refractivity contribution in [2.45, 2.75) is 44.1 Å². The first kappa shape index (κ1) is 17.0. The second kappa shape index (κ2) is 5.68. The largest absolute Gasteiger partial charge is 0.475 e. The first-order chi connectivity index (χ1) is 13.5. The van der Waals surface area contributed by atoms with Crippen LogP contribution in [0.4, 0.5) is 15.8 Å². The molecule has 0 N–H and O–H groups in total. The molecule has 1 aromatic carbocycles. The SMILES string of the molecule is C#CCN1C(=O)C2(CC2)Oc2cc(F)c(N3C(=O)C4=C(CCCC4)C3=O)cc21. The number of hydrogen-bond donors (Lipinski definition) is 0. The maximum Gasteiger partial charge on any atom is 0.272 e. The summed E-state index contributed by atoms with van der Waals surface area (Å²) in [7, 11) is 0. The maximum absolute atomic E-state index is 14.9. The molecule has 1 saturated carbocycles. The number of nitrogens with zero attached hydrogens (tertiary/aromatic N) is 2. The van der Waals surface area contributed by atoms with E-state index < -0.39 is 23.2 Å². The molecule has 0 saturated heterocycles. The second-order valence-corrected chi connectivity index (χ2v) is 7.57. The van der Waals surface area contributed by atoms with Crippen LogP contribution in [0.5, 0.6) is 5.75 Å². The van der Waals surface area contributed by atoms with E-state index in [1.54, 1.807) is 0 Å². The molecule has 0 bridgehead atoms.